The number of para-hydroxylation sites is 1. The molecule has 3 aliphatic rings. The van der Waals surface area contributed by atoms with Crippen molar-refractivity contribution < 1.29 is 4.74 Å². The smallest absolute Gasteiger partial charge is 0.134 e. The van der Waals surface area contributed by atoms with Crippen molar-refractivity contribution in [3.63, 3.8) is 0 Å². The van der Waals surface area contributed by atoms with Gasteiger partial charge in [0.2, 0.25) is 0 Å². The second kappa shape index (κ2) is 5.63. The first-order valence-corrected chi connectivity index (χ1v) is 9.39. The number of rotatable bonds is 3. The SMILES string of the molecule is c1ccc(C2Oc3ccccc3C23CCN(CC2CC2)CC3)cc1. The zero-order chi connectivity index (χ0) is 16.0. The quantitative estimate of drug-likeness (QED) is 0.822. The molecule has 2 nitrogen and oxygen atoms in total. The summed E-state index contributed by atoms with van der Waals surface area (Å²) >= 11 is 0. The van der Waals surface area contributed by atoms with Gasteiger partial charge in [-0.3, -0.25) is 0 Å². The second-order valence-corrected chi connectivity index (χ2v) is 7.80. The molecule has 1 aliphatic carbocycles. The highest BCUT2D eigenvalue weighted by Gasteiger charge is 2.50. The molecule has 1 saturated heterocycles. The van der Waals surface area contributed by atoms with Crippen molar-refractivity contribution in [2.75, 3.05) is 19.6 Å². The van der Waals surface area contributed by atoms with Crippen molar-refractivity contribution in [1.82, 2.24) is 4.90 Å². The Labute approximate surface area is 144 Å². The van der Waals surface area contributed by atoms with Crippen molar-refractivity contribution in [1.29, 1.82) is 0 Å². The van der Waals surface area contributed by atoms with E-state index in [1.807, 2.05) is 0 Å². The first-order valence-electron chi connectivity index (χ1n) is 9.39. The summed E-state index contributed by atoms with van der Waals surface area (Å²) in [7, 11) is 0. The largest absolute Gasteiger partial charge is 0.484 e. The number of hydrogen-bond acceptors (Lipinski definition) is 2. The van der Waals surface area contributed by atoms with E-state index >= 15 is 0 Å². The van der Waals surface area contributed by atoms with Crippen LogP contribution < -0.4 is 4.74 Å². The van der Waals surface area contributed by atoms with Crippen molar-refractivity contribution in [3.8, 4) is 5.75 Å². The molecule has 0 N–H and O–H groups in total. The van der Waals surface area contributed by atoms with Crippen molar-refractivity contribution in [2.24, 2.45) is 5.92 Å². The van der Waals surface area contributed by atoms with Crippen LogP contribution in [0.3, 0.4) is 0 Å². The fourth-order valence-corrected chi connectivity index (χ4v) is 4.71. The van der Waals surface area contributed by atoms with Crippen molar-refractivity contribution in [3.05, 3.63) is 65.7 Å². The van der Waals surface area contributed by atoms with E-state index in [9.17, 15) is 0 Å². The van der Waals surface area contributed by atoms with E-state index in [4.69, 9.17) is 4.74 Å². The summed E-state index contributed by atoms with van der Waals surface area (Å²) in [5, 5.41) is 0. The van der Waals surface area contributed by atoms with Crippen LogP contribution in [0.5, 0.6) is 5.75 Å². The highest BCUT2D eigenvalue weighted by atomic mass is 16.5. The minimum atomic E-state index is 0.151. The van der Waals surface area contributed by atoms with Crippen LogP contribution in [0.25, 0.3) is 0 Å². The first-order chi connectivity index (χ1) is 11.9. The van der Waals surface area contributed by atoms with Gasteiger partial charge in [-0.1, -0.05) is 48.5 Å². The molecule has 1 spiro atoms. The van der Waals surface area contributed by atoms with Crippen molar-refractivity contribution in [2.45, 2.75) is 37.2 Å². The number of ether oxygens (including phenoxy) is 1. The van der Waals surface area contributed by atoms with Crippen LogP contribution in [0.1, 0.15) is 42.9 Å². The van der Waals surface area contributed by atoms with Gasteiger partial charge in [-0.05, 0) is 56.3 Å². The van der Waals surface area contributed by atoms with E-state index in [1.54, 1.807) is 0 Å². The zero-order valence-corrected chi connectivity index (χ0v) is 14.2. The lowest BCUT2D eigenvalue weighted by Gasteiger charge is -2.42. The number of benzene rings is 2. The predicted molar refractivity (Wildman–Crippen MR) is 96.3 cm³/mol. The van der Waals surface area contributed by atoms with Gasteiger partial charge in [-0.25, -0.2) is 0 Å². The average molecular weight is 319 g/mol. The molecule has 2 aliphatic heterocycles. The lowest BCUT2D eigenvalue weighted by Crippen LogP contribution is -2.45. The van der Waals surface area contributed by atoms with Gasteiger partial charge in [0.25, 0.3) is 0 Å². The highest BCUT2D eigenvalue weighted by Crippen LogP contribution is 2.55. The van der Waals surface area contributed by atoms with Gasteiger partial charge in [0.05, 0.1) is 0 Å². The molecule has 5 rings (SSSR count). The summed E-state index contributed by atoms with van der Waals surface area (Å²) in [4.78, 5) is 2.69. The minimum absolute atomic E-state index is 0.151. The number of nitrogens with zero attached hydrogens (tertiary/aromatic N) is 1. The maximum Gasteiger partial charge on any atom is 0.134 e. The van der Waals surface area contributed by atoms with Crippen LogP contribution in [0, 0.1) is 5.92 Å². The molecule has 1 saturated carbocycles. The molecule has 0 amide bonds. The normalized spacial score (nSPS) is 25.4. The standard InChI is InChI=1S/C22H25NO/c1-2-6-18(7-3-1)21-22(19-8-4-5-9-20(19)24-21)12-14-23(15-13-22)16-17-10-11-17/h1-9,17,21H,10-16H2. The molecule has 0 radical (unpaired) electrons. The van der Waals surface area contributed by atoms with Crippen molar-refractivity contribution >= 4 is 0 Å². The number of fused-ring (bicyclic) bond motifs is 2. The van der Waals surface area contributed by atoms with E-state index in [-0.39, 0.29) is 11.5 Å². The summed E-state index contributed by atoms with van der Waals surface area (Å²) in [6, 6.07) is 19.6. The molecule has 1 unspecified atom stereocenters. The molecule has 2 heteroatoms. The van der Waals surface area contributed by atoms with Crippen LogP contribution in [-0.4, -0.2) is 24.5 Å². The van der Waals surface area contributed by atoms with Gasteiger partial charge >= 0.3 is 0 Å². The van der Waals surface area contributed by atoms with Crippen LogP contribution in [-0.2, 0) is 5.41 Å². The maximum absolute atomic E-state index is 6.50. The number of likely N-dealkylation sites (tertiary alicyclic amines) is 1. The van der Waals surface area contributed by atoms with E-state index in [0.717, 1.165) is 11.7 Å². The third-order valence-electron chi connectivity index (χ3n) is 6.23. The number of piperidine rings is 1. The third-order valence-corrected chi connectivity index (χ3v) is 6.23. The van der Waals surface area contributed by atoms with E-state index in [2.05, 4.69) is 59.5 Å². The van der Waals surface area contributed by atoms with Gasteiger partial charge in [-0.2, -0.15) is 0 Å². The number of hydrogen-bond donors (Lipinski definition) is 0. The minimum Gasteiger partial charge on any atom is -0.484 e. The third kappa shape index (κ3) is 2.36. The van der Waals surface area contributed by atoms with E-state index < -0.39 is 0 Å². The molecule has 2 fully saturated rings. The van der Waals surface area contributed by atoms with Crippen LogP contribution in [0.4, 0.5) is 0 Å². The lowest BCUT2D eigenvalue weighted by atomic mass is 9.68. The summed E-state index contributed by atoms with van der Waals surface area (Å²) in [5.74, 6) is 2.08. The molecule has 2 aromatic carbocycles. The first kappa shape index (κ1) is 14.5. The Bertz CT molecular complexity index is 714. The van der Waals surface area contributed by atoms with E-state index in [1.165, 1.54) is 56.4 Å². The maximum atomic E-state index is 6.50. The molecule has 0 aromatic heterocycles. The molecule has 0 bridgehead atoms. The van der Waals surface area contributed by atoms with Gasteiger partial charge in [0.15, 0.2) is 0 Å². The second-order valence-electron chi connectivity index (χ2n) is 7.80. The van der Waals surface area contributed by atoms with Gasteiger partial charge < -0.3 is 9.64 Å². The molecule has 1 atom stereocenters. The lowest BCUT2D eigenvalue weighted by molar-refractivity contribution is 0.0746. The van der Waals surface area contributed by atoms with Crippen LogP contribution in [0.2, 0.25) is 0 Å². The molecule has 124 valence electrons. The Balaban J connectivity index is 1.48. The van der Waals surface area contributed by atoms with Gasteiger partial charge in [0.1, 0.15) is 11.9 Å². The zero-order valence-electron chi connectivity index (χ0n) is 14.2. The Hall–Kier alpha value is -1.80. The predicted octanol–water partition coefficient (Wildman–Crippen LogP) is 4.56. The Morgan fingerprint density at radius 1 is 0.917 bits per heavy atom. The summed E-state index contributed by atoms with van der Waals surface area (Å²) in [6.45, 7) is 3.73. The van der Waals surface area contributed by atoms with Crippen LogP contribution in [0.15, 0.2) is 54.6 Å². The molecular formula is C22H25NO. The summed E-state index contributed by atoms with van der Waals surface area (Å²) < 4.78 is 6.50. The monoisotopic (exact) mass is 319 g/mol. The Kier molecular flexibility index (Phi) is 3.41. The fourth-order valence-electron chi connectivity index (χ4n) is 4.71. The Morgan fingerprint density at radius 2 is 1.62 bits per heavy atom. The summed E-state index contributed by atoms with van der Waals surface area (Å²) in [5.41, 5.74) is 2.91. The van der Waals surface area contributed by atoms with Crippen LogP contribution >= 0.6 is 0 Å². The highest BCUT2D eigenvalue weighted by molar-refractivity contribution is 5.48. The topological polar surface area (TPSA) is 12.5 Å². The average Bonchev–Trinajstić information content (AvgIpc) is 3.40. The van der Waals surface area contributed by atoms with E-state index in [0.29, 0.717) is 0 Å². The molecular weight excluding hydrogens is 294 g/mol. The Morgan fingerprint density at radius 3 is 2.38 bits per heavy atom. The summed E-state index contributed by atoms with van der Waals surface area (Å²) in [6.07, 6.45) is 5.46. The fraction of sp³-hybridized carbons (Fsp3) is 0.455. The molecule has 24 heavy (non-hydrogen) atoms. The van der Waals surface area contributed by atoms with Gasteiger partial charge in [-0.15, -0.1) is 0 Å². The van der Waals surface area contributed by atoms with Gasteiger partial charge in [0, 0.05) is 17.5 Å². The molecule has 2 heterocycles. The molecule has 2 aromatic rings.